The highest BCUT2D eigenvalue weighted by Crippen LogP contribution is 2.38. The molecule has 0 radical (unpaired) electrons. The van der Waals surface area contributed by atoms with E-state index in [1.807, 2.05) is 13.8 Å². The maximum atomic E-state index is 6.10. The number of benzene rings is 1. The molecule has 1 aromatic heterocycles. The number of rotatable bonds is 5. The van der Waals surface area contributed by atoms with E-state index in [2.05, 4.69) is 10.4 Å². The van der Waals surface area contributed by atoms with Gasteiger partial charge in [-0.15, -0.1) is 0 Å². The van der Waals surface area contributed by atoms with Crippen LogP contribution >= 0.6 is 11.6 Å². The topological polar surface area (TPSA) is 74.3 Å². The molecular weight excluding hydrogens is 292 g/mol. The van der Waals surface area contributed by atoms with Crippen LogP contribution in [0.2, 0.25) is 5.02 Å². The molecule has 1 aromatic carbocycles. The van der Waals surface area contributed by atoms with Gasteiger partial charge in [0.05, 0.1) is 36.3 Å². The molecule has 1 heterocycles. The number of nitrogens with two attached hydrogens (primary N) is 1. The second kappa shape index (κ2) is 6.13. The van der Waals surface area contributed by atoms with Gasteiger partial charge in [0, 0.05) is 18.7 Å². The van der Waals surface area contributed by atoms with Crippen molar-refractivity contribution in [1.82, 2.24) is 9.78 Å². The van der Waals surface area contributed by atoms with Crippen LogP contribution in [0, 0.1) is 6.92 Å². The molecule has 0 atom stereocenters. The van der Waals surface area contributed by atoms with Crippen LogP contribution in [0.1, 0.15) is 12.6 Å². The van der Waals surface area contributed by atoms with Crippen molar-refractivity contribution >= 4 is 28.8 Å². The molecule has 0 saturated heterocycles. The lowest BCUT2D eigenvalue weighted by Gasteiger charge is -2.15. The van der Waals surface area contributed by atoms with Crippen molar-refractivity contribution < 1.29 is 9.47 Å². The van der Waals surface area contributed by atoms with Crippen LogP contribution in [0.4, 0.5) is 17.2 Å². The summed E-state index contributed by atoms with van der Waals surface area (Å²) >= 11 is 6.10. The minimum atomic E-state index is 0.480. The molecule has 0 bridgehead atoms. The van der Waals surface area contributed by atoms with E-state index in [4.69, 9.17) is 26.8 Å². The third-order valence-electron chi connectivity index (χ3n) is 3.20. The van der Waals surface area contributed by atoms with E-state index in [1.54, 1.807) is 31.0 Å². The largest absolute Gasteiger partial charge is 0.495 e. The summed E-state index contributed by atoms with van der Waals surface area (Å²) in [6, 6.07) is 3.46. The fourth-order valence-electron chi connectivity index (χ4n) is 2.04. The van der Waals surface area contributed by atoms with Crippen molar-refractivity contribution in [2.75, 3.05) is 25.3 Å². The van der Waals surface area contributed by atoms with Crippen molar-refractivity contribution in [2.45, 2.75) is 20.4 Å². The number of nitrogens with zero attached hydrogens (tertiary/aromatic N) is 2. The molecule has 0 unspecified atom stereocenters. The van der Waals surface area contributed by atoms with Gasteiger partial charge in [0.1, 0.15) is 11.5 Å². The molecule has 6 nitrogen and oxygen atoms in total. The normalized spacial score (nSPS) is 10.5. The Morgan fingerprint density at radius 1 is 1.29 bits per heavy atom. The van der Waals surface area contributed by atoms with Gasteiger partial charge < -0.3 is 20.5 Å². The average Bonchev–Trinajstić information content (AvgIpc) is 2.76. The molecule has 0 amide bonds. The second-order valence-corrected chi connectivity index (χ2v) is 4.88. The number of hydrogen-bond donors (Lipinski definition) is 2. The Hall–Kier alpha value is -2.08. The molecule has 2 aromatic rings. The summed E-state index contributed by atoms with van der Waals surface area (Å²) in [5, 5.41) is 8.10. The molecule has 0 aliphatic heterocycles. The molecule has 114 valence electrons. The van der Waals surface area contributed by atoms with E-state index < -0.39 is 0 Å². The van der Waals surface area contributed by atoms with Crippen molar-refractivity contribution in [3.8, 4) is 11.5 Å². The van der Waals surface area contributed by atoms with E-state index in [9.17, 15) is 0 Å². The highest BCUT2D eigenvalue weighted by molar-refractivity contribution is 6.32. The summed E-state index contributed by atoms with van der Waals surface area (Å²) in [4.78, 5) is 0. The number of nitrogens with one attached hydrogen (secondary N) is 1. The van der Waals surface area contributed by atoms with Gasteiger partial charge in [0.15, 0.2) is 5.82 Å². The van der Waals surface area contributed by atoms with E-state index >= 15 is 0 Å². The Kier molecular flexibility index (Phi) is 4.47. The first-order valence-corrected chi connectivity index (χ1v) is 6.91. The maximum absolute atomic E-state index is 6.10. The van der Waals surface area contributed by atoms with Crippen molar-refractivity contribution in [3.05, 3.63) is 22.8 Å². The van der Waals surface area contributed by atoms with Gasteiger partial charge in [0.25, 0.3) is 0 Å². The molecule has 0 saturated carbocycles. The number of aromatic nitrogens is 2. The fourth-order valence-corrected chi connectivity index (χ4v) is 2.27. The third-order valence-corrected chi connectivity index (χ3v) is 3.50. The smallest absolute Gasteiger partial charge is 0.152 e. The molecule has 0 aliphatic rings. The Bertz CT molecular complexity index is 655. The molecule has 7 heteroatoms. The van der Waals surface area contributed by atoms with Crippen LogP contribution in [-0.4, -0.2) is 24.0 Å². The standard InChI is InChI=1S/C14H19ClN4O2/c1-5-19-14(13(16)8(2)18-19)17-10-7-11(20-3)9(15)6-12(10)21-4/h6-7,17H,5,16H2,1-4H3. The Morgan fingerprint density at radius 2 is 1.95 bits per heavy atom. The summed E-state index contributed by atoms with van der Waals surface area (Å²) in [5.41, 5.74) is 8.16. The van der Waals surface area contributed by atoms with Gasteiger partial charge >= 0.3 is 0 Å². The highest BCUT2D eigenvalue weighted by Gasteiger charge is 2.15. The van der Waals surface area contributed by atoms with E-state index in [-0.39, 0.29) is 0 Å². The number of halogens is 1. The molecule has 0 fully saturated rings. The predicted molar refractivity (Wildman–Crippen MR) is 84.9 cm³/mol. The van der Waals surface area contributed by atoms with Crippen LogP contribution in [0.3, 0.4) is 0 Å². The van der Waals surface area contributed by atoms with Gasteiger partial charge in [-0.25, -0.2) is 4.68 Å². The number of aryl methyl sites for hydroxylation is 2. The number of hydrogen-bond acceptors (Lipinski definition) is 5. The van der Waals surface area contributed by atoms with Gasteiger partial charge in [-0.05, 0) is 13.8 Å². The van der Waals surface area contributed by atoms with Crippen molar-refractivity contribution in [3.63, 3.8) is 0 Å². The zero-order valence-corrected chi connectivity index (χ0v) is 13.3. The first-order chi connectivity index (χ1) is 10.0. The minimum Gasteiger partial charge on any atom is -0.495 e. The van der Waals surface area contributed by atoms with Crippen LogP contribution < -0.4 is 20.5 Å². The predicted octanol–water partition coefficient (Wildman–Crippen LogP) is 3.21. The van der Waals surface area contributed by atoms with Crippen molar-refractivity contribution in [2.24, 2.45) is 0 Å². The van der Waals surface area contributed by atoms with Gasteiger partial charge in [0.2, 0.25) is 0 Å². The van der Waals surface area contributed by atoms with Crippen LogP contribution in [-0.2, 0) is 6.54 Å². The molecule has 3 N–H and O–H groups in total. The molecule has 21 heavy (non-hydrogen) atoms. The van der Waals surface area contributed by atoms with Crippen LogP contribution in [0.5, 0.6) is 11.5 Å². The molecule has 0 spiro atoms. The molecular formula is C14H19ClN4O2. The first-order valence-electron chi connectivity index (χ1n) is 6.53. The lowest BCUT2D eigenvalue weighted by atomic mass is 10.2. The lowest BCUT2D eigenvalue weighted by molar-refractivity contribution is 0.405. The number of ether oxygens (including phenoxy) is 2. The molecule has 2 rings (SSSR count). The van der Waals surface area contributed by atoms with Crippen molar-refractivity contribution in [1.29, 1.82) is 0 Å². The average molecular weight is 311 g/mol. The Morgan fingerprint density at radius 3 is 2.52 bits per heavy atom. The maximum Gasteiger partial charge on any atom is 0.152 e. The summed E-state index contributed by atoms with van der Waals surface area (Å²) in [6.45, 7) is 4.57. The minimum absolute atomic E-state index is 0.480. The van der Waals surface area contributed by atoms with Gasteiger partial charge in [-0.2, -0.15) is 5.10 Å². The summed E-state index contributed by atoms with van der Waals surface area (Å²) in [6.07, 6.45) is 0. The van der Waals surface area contributed by atoms with E-state index in [0.717, 1.165) is 11.5 Å². The lowest BCUT2D eigenvalue weighted by Crippen LogP contribution is -2.05. The quantitative estimate of drug-likeness (QED) is 0.887. The number of anilines is 3. The Labute approximate surface area is 128 Å². The monoisotopic (exact) mass is 310 g/mol. The summed E-state index contributed by atoms with van der Waals surface area (Å²) < 4.78 is 12.4. The Balaban J connectivity index is 2.48. The van der Waals surface area contributed by atoms with Crippen LogP contribution in [0.25, 0.3) is 0 Å². The first kappa shape index (κ1) is 15.3. The zero-order chi connectivity index (χ0) is 15.6. The fraction of sp³-hybridized carbons (Fsp3) is 0.357. The SMILES string of the molecule is CCn1nc(C)c(N)c1Nc1cc(OC)c(Cl)cc1OC. The van der Waals surface area contributed by atoms with Gasteiger partial charge in [-0.1, -0.05) is 11.6 Å². The van der Waals surface area contributed by atoms with E-state index in [1.165, 1.54) is 0 Å². The number of methoxy groups -OCH3 is 2. The second-order valence-electron chi connectivity index (χ2n) is 4.48. The van der Waals surface area contributed by atoms with Gasteiger partial charge in [-0.3, -0.25) is 0 Å². The number of nitrogen functional groups attached to an aromatic ring is 1. The van der Waals surface area contributed by atoms with E-state index in [0.29, 0.717) is 34.4 Å². The summed E-state index contributed by atoms with van der Waals surface area (Å²) in [5.74, 6) is 1.87. The molecule has 0 aliphatic carbocycles. The third kappa shape index (κ3) is 2.85. The summed E-state index contributed by atoms with van der Waals surface area (Å²) in [7, 11) is 3.14. The van der Waals surface area contributed by atoms with Crippen LogP contribution in [0.15, 0.2) is 12.1 Å². The zero-order valence-electron chi connectivity index (χ0n) is 12.5. The highest BCUT2D eigenvalue weighted by atomic mass is 35.5.